The highest BCUT2D eigenvalue weighted by molar-refractivity contribution is 6.01. The van der Waals surface area contributed by atoms with Crippen LogP contribution in [0.25, 0.3) is 10.9 Å². The molecular formula is C20H19N3O. The minimum absolute atomic E-state index is 0.0192. The Morgan fingerprint density at radius 3 is 2.83 bits per heavy atom. The second kappa shape index (κ2) is 6.42. The molecule has 120 valence electrons. The Balaban J connectivity index is 1.46. The van der Waals surface area contributed by atoms with E-state index in [-0.39, 0.29) is 5.91 Å². The largest absolute Gasteiger partial charge is 0.324 e. The van der Waals surface area contributed by atoms with Gasteiger partial charge >= 0.3 is 0 Å². The summed E-state index contributed by atoms with van der Waals surface area (Å²) < 4.78 is 0. The molecule has 0 unspecified atom stereocenters. The molecule has 3 aromatic rings. The van der Waals surface area contributed by atoms with Crippen LogP contribution in [0.5, 0.6) is 0 Å². The Morgan fingerprint density at radius 1 is 1.04 bits per heavy atom. The first-order chi connectivity index (χ1) is 11.8. The van der Waals surface area contributed by atoms with Crippen LogP contribution in [0.3, 0.4) is 0 Å². The van der Waals surface area contributed by atoms with Gasteiger partial charge < -0.3 is 5.32 Å². The number of hydrogen-bond donors (Lipinski definition) is 1. The van der Waals surface area contributed by atoms with Crippen LogP contribution in [0, 0.1) is 0 Å². The topological polar surface area (TPSA) is 45.2 Å². The molecule has 2 aromatic carbocycles. The van der Waals surface area contributed by atoms with Crippen LogP contribution in [-0.2, 0) is 17.8 Å². The maximum Gasteiger partial charge on any atom is 0.238 e. The van der Waals surface area contributed by atoms with Gasteiger partial charge in [0.05, 0.1) is 17.7 Å². The first-order valence-corrected chi connectivity index (χ1v) is 8.22. The van der Waals surface area contributed by atoms with Crippen molar-refractivity contribution < 1.29 is 4.79 Å². The number of rotatable bonds is 3. The van der Waals surface area contributed by atoms with Gasteiger partial charge in [-0.25, -0.2) is 0 Å². The van der Waals surface area contributed by atoms with E-state index in [1.54, 1.807) is 6.20 Å². The van der Waals surface area contributed by atoms with Gasteiger partial charge in [0.25, 0.3) is 0 Å². The second-order valence-electron chi connectivity index (χ2n) is 6.15. The number of amides is 1. The number of nitrogens with zero attached hydrogens (tertiary/aromatic N) is 2. The first kappa shape index (κ1) is 14.8. The van der Waals surface area contributed by atoms with Gasteiger partial charge in [-0.3, -0.25) is 14.7 Å². The summed E-state index contributed by atoms with van der Waals surface area (Å²) in [4.78, 5) is 19.0. The Labute approximate surface area is 141 Å². The Morgan fingerprint density at radius 2 is 1.92 bits per heavy atom. The van der Waals surface area contributed by atoms with Gasteiger partial charge in [-0.05, 0) is 41.8 Å². The SMILES string of the molecule is O=C(CN1CCc2ccccc2C1)Nc1cccc2ncccc12. The van der Waals surface area contributed by atoms with Crippen molar-refractivity contribution in [1.82, 2.24) is 9.88 Å². The highest BCUT2D eigenvalue weighted by Crippen LogP contribution is 2.22. The molecule has 0 bridgehead atoms. The summed E-state index contributed by atoms with van der Waals surface area (Å²) in [5.41, 5.74) is 4.44. The third-order valence-corrected chi connectivity index (χ3v) is 4.50. The zero-order valence-electron chi connectivity index (χ0n) is 13.4. The predicted octanol–water partition coefficient (Wildman–Crippen LogP) is 3.23. The van der Waals surface area contributed by atoms with E-state index in [9.17, 15) is 4.79 Å². The van der Waals surface area contributed by atoms with E-state index in [0.717, 1.165) is 36.1 Å². The summed E-state index contributed by atoms with van der Waals surface area (Å²) in [6.45, 7) is 2.16. The molecule has 2 heterocycles. The van der Waals surface area contributed by atoms with Crippen molar-refractivity contribution in [3.8, 4) is 0 Å². The Bertz CT molecular complexity index is 885. The van der Waals surface area contributed by atoms with Gasteiger partial charge in [0.2, 0.25) is 5.91 Å². The smallest absolute Gasteiger partial charge is 0.238 e. The number of anilines is 1. The zero-order chi connectivity index (χ0) is 16.4. The highest BCUT2D eigenvalue weighted by Gasteiger charge is 2.18. The number of carbonyl (C=O) groups is 1. The van der Waals surface area contributed by atoms with Crippen molar-refractivity contribution in [2.24, 2.45) is 0 Å². The lowest BCUT2D eigenvalue weighted by molar-refractivity contribution is -0.117. The molecule has 0 spiro atoms. The molecule has 1 amide bonds. The van der Waals surface area contributed by atoms with Crippen molar-refractivity contribution in [3.05, 3.63) is 71.9 Å². The Kier molecular flexibility index (Phi) is 3.97. The van der Waals surface area contributed by atoms with E-state index in [2.05, 4.69) is 39.5 Å². The summed E-state index contributed by atoms with van der Waals surface area (Å²) in [6, 6.07) is 18.1. The van der Waals surface area contributed by atoms with Crippen molar-refractivity contribution in [2.45, 2.75) is 13.0 Å². The van der Waals surface area contributed by atoms with E-state index < -0.39 is 0 Å². The van der Waals surface area contributed by atoms with Gasteiger partial charge in [-0.15, -0.1) is 0 Å². The molecule has 24 heavy (non-hydrogen) atoms. The molecular weight excluding hydrogens is 298 g/mol. The van der Waals surface area contributed by atoms with E-state index >= 15 is 0 Å². The quantitative estimate of drug-likeness (QED) is 0.806. The molecule has 0 aliphatic carbocycles. The third-order valence-electron chi connectivity index (χ3n) is 4.50. The molecule has 1 N–H and O–H groups in total. The van der Waals surface area contributed by atoms with Crippen LogP contribution in [0.2, 0.25) is 0 Å². The van der Waals surface area contributed by atoms with Crippen molar-refractivity contribution >= 4 is 22.5 Å². The van der Waals surface area contributed by atoms with Crippen LogP contribution in [-0.4, -0.2) is 28.9 Å². The maximum absolute atomic E-state index is 12.5. The lowest BCUT2D eigenvalue weighted by Crippen LogP contribution is -2.37. The number of aromatic nitrogens is 1. The van der Waals surface area contributed by atoms with E-state index in [1.165, 1.54) is 11.1 Å². The maximum atomic E-state index is 12.5. The fourth-order valence-electron chi connectivity index (χ4n) is 3.29. The molecule has 4 heteroatoms. The number of carbonyl (C=O) groups excluding carboxylic acids is 1. The van der Waals surface area contributed by atoms with Crippen LogP contribution in [0.4, 0.5) is 5.69 Å². The molecule has 0 fully saturated rings. The van der Waals surface area contributed by atoms with Crippen LogP contribution in [0.15, 0.2) is 60.8 Å². The van der Waals surface area contributed by atoms with Crippen molar-refractivity contribution in [2.75, 3.05) is 18.4 Å². The van der Waals surface area contributed by atoms with Crippen LogP contribution >= 0.6 is 0 Å². The average Bonchev–Trinajstić information content (AvgIpc) is 2.62. The summed E-state index contributed by atoms with van der Waals surface area (Å²) in [6.07, 6.45) is 2.76. The minimum atomic E-state index is 0.0192. The number of nitrogens with one attached hydrogen (secondary N) is 1. The summed E-state index contributed by atoms with van der Waals surface area (Å²) in [5, 5.41) is 4.01. The molecule has 1 aliphatic rings. The van der Waals surface area contributed by atoms with E-state index in [0.29, 0.717) is 6.54 Å². The first-order valence-electron chi connectivity index (χ1n) is 8.22. The summed E-state index contributed by atoms with van der Waals surface area (Å²) in [5.74, 6) is 0.0192. The minimum Gasteiger partial charge on any atom is -0.324 e. The number of hydrogen-bond acceptors (Lipinski definition) is 3. The van der Waals surface area contributed by atoms with E-state index in [1.807, 2.05) is 30.3 Å². The average molecular weight is 317 g/mol. The van der Waals surface area contributed by atoms with Gasteiger partial charge in [-0.2, -0.15) is 0 Å². The molecule has 0 radical (unpaired) electrons. The predicted molar refractivity (Wildman–Crippen MR) is 95.8 cm³/mol. The summed E-state index contributed by atoms with van der Waals surface area (Å²) in [7, 11) is 0. The Hall–Kier alpha value is -2.72. The number of fused-ring (bicyclic) bond motifs is 2. The third kappa shape index (κ3) is 3.01. The lowest BCUT2D eigenvalue weighted by atomic mass is 10.00. The van der Waals surface area contributed by atoms with Gasteiger partial charge in [0.15, 0.2) is 0 Å². The lowest BCUT2D eigenvalue weighted by Gasteiger charge is -2.28. The zero-order valence-corrected chi connectivity index (χ0v) is 13.4. The van der Waals surface area contributed by atoms with Crippen molar-refractivity contribution in [1.29, 1.82) is 0 Å². The number of benzene rings is 2. The monoisotopic (exact) mass is 317 g/mol. The highest BCUT2D eigenvalue weighted by atomic mass is 16.2. The molecule has 0 saturated carbocycles. The van der Waals surface area contributed by atoms with Crippen LogP contribution < -0.4 is 5.32 Å². The molecule has 0 atom stereocenters. The van der Waals surface area contributed by atoms with Gasteiger partial charge in [-0.1, -0.05) is 30.3 Å². The molecule has 1 aromatic heterocycles. The molecule has 4 nitrogen and oxygen atoms in total. The second-order valence-corrected chi connectivity index (χ2v) is 6.15. The molecule has 4 rings (SSSR count). The molecule has 0 saturated heterocycles. The van der Waals surface area contributed by atoms with E-state index in [4.69, 9.17) is 0 Å². The fraction of sp³-hybridized carbons (Fsp3) is 0.200. The van der Waals surface area contributed by atoms with Crippen molar-refractivity contribution in [3.63, 3.8) is 0 Å². The molecule has 1 aliphatic heterocycles. The number of pyridine rings is 1. The van der Waals surface area contributed by atoms with Gasteiger partial charge in [0.1, 0.15) is 0 Å². The standard InChI is InChI=1S/C20H19N3O/c24-20(14-23-12-10-15-5-1-2-6-16(15)13-23)22-19-9-3-8-18-17(19)7-4-11-21-18/h1-9,11H,10,12-14H2,(H,22,24). The fourth-order valence-corrected chi connectivity index (χ4v) is 3.29. The summed E-state index contributed by atoms with van der Waals surface area (Å²) >= 11 is 0. The normalized spacial score (nSPS) is 14.3. The van der Waals surface area contributed by atoms with Crippen LogP contribution in [0.1, 0.15) is 11.1 Å². The van der Waals surface area contributed by atoms with Gasteiger partial charge in [0, 0.05) is 24.7 Å².